The lowest BCUT2D eigenvalue weighted by Gasteiger charge is -2.23. The summed E-state index contributed by atoms with van der Waals surface area (Å²) in [6.45, 7) is 5.00. The molecule has 124 valence electrons. The maximum Gasteiger partial charge on any atom is 0.263 e. The lowest BCUT2D eigenvalue weighted by atomic mass is 10.2. The molecule has 0 aliphatic carbocycles. The molecule has 3 heterocycles. The van der Waals surface area contributed by atoms with Gasteiger partial charge in [0.2, 0.25) is 0 Å². The van der Waals surface area contributed by atoms with E-state index in [2.05, 4.69) is 22.9 Å². The quantitative estimate of drug-likeness (QED) is 0.862. The highest BCUT2D eigenvalue weighted by Crippen LogP contribution is 2.21. The average molecular weight is 340 g/mol. The van der Waals surface area contributed by atoms with Gasteiger partial charge in [-0.3, -0.25) is 4.79 Å². The molecular weight excluding hydrogens is 320 g/mol. The molecule has 1 fully saturated rings. The highest BCUT2D eigenvalue weighted by molar-refractivity contribution is 7.14. The number of nitrogens with zero attached hydrogens (tertiary/aromatic N) is 4. The van der Waals surface area contributed by atoms with E-state index in [1.807, 2.05) is 17.0 Å². The predicted molar refractivity (Wildman–Crippen MR) is 95.4 cm³/mol. The van der Waals surface area contributed by atoms with Crippen molar-refractivity contribution in [2.75, 3.05) is 31.1 Å². The van der Waals surface area contributed by atoms with Crippen molar-refractivity contribution in [1.29, 1.82) is 5.26 Å². The molecule has 1 aliphatic rings. The summed E-state index contributed by atoms with van der Waals surface area (Å²) in [7, 11) is 0. The average Bonchev–Trinajstić information content (AvgIpc) is 2.98. The summed E-state index contributed by atoms with van der Waals surface area (Å²) in [6.07, 6.45) is 3.55. The van der Waals surface area contributed by atoms with E-state index in [9.17, 15) is 10.1 Å². The number of thiophene rings is 1. The van der Waals surface area contributed by atoms with Crippen LogP contribution in [-0.2, 0) is 6.42 Å². The number of carbonyl (C=O) groups excluding carboxylic acids is 1. The topological polar surface area (TPSA) is 60.2 Å². The van der Waals surface area contributed by atoms with Gasteiger partial charge in [0.05, 0.1) is 10.4 Å². The van der Waals surface area contributed by atoms with Crippen molar-refractivity contribution < 1.29 is 4.79 Å². The van der Waals surface area contributed by atoms with Gasteiger partial charge in [-0.1, -0.05) is 6.92 Å². The van der Waals surface area contributed by atoms with Gasteiger partial charge in [0.25, 0.3) is 5.91 Å². The zero-order valence-corrected chi connectivity index (χ0v) is 14.6. The Kier molecular flexibility index (Phi) is 5.11. The Labute approximate surface area is 146 Å². The van der Waals surface area contributed by atoms with E-state index in [1.54, 1.807) is 29.7 Å². The lowest BCUT2D eigenvalue weighted by molar-refractivity contribution is 0.0772. The number of pyridine rings is 1. The maximum absolute atomic E-state index is 12.7. The Hall–Kier alpha value is -2.39. The number of amides is 1. The number of rotatable bonds is 3. The van der Waals surface area contributed by atoms with Crippen LogP contribution in [0.25, 0.3) is 0 Å². The minimum Gasteiger partial charge on any atom is -0.354 e. The van der Waals surface area contributed by atoms with Crippen molar-refractivity contribution in [3.05, 3.63) is 45.8 Å². The molecule has 5 nitrogen and oxygen atoms in total. The third-order valence-corrected chi connectivity index (χ3v) is 5.43. The largest absolute Gasteiger partial charge is 0.354 e. The Morgan fingerprint density at radius 2 is 2.17 bits per heavy atom. The van der Waals surface area contributed by atoms with Gasteiger partial charge in [-0.2, -0.15) is 5.26 Å². The molecule has 1 saturated heterocycles. The first-order valence-electron chi connectivity index (χ1n) is 8.21. The summed E-state index contributed by atoms with van der Waals surface area (Å²) in [6, 6.07) is 9.73. The minimum absolute atomic E-state index is 0.114. The van der Waals surface area contributed by atoms with Crippen molar-refractivity contribution in [1.82, 2.24) is 9.88 Å². The van der Waals surface area contributed by atoms with Gasteiger partial charge in [-0.25, -0.2) is 4.98 Å². The highest BCUT2D eigenvalue weighted by atomic mass is 32.1. The van der Waals surface area contributed by atoms with Crippen LogP contribution in [0.5, 0.6) is 0 Å². The minimum atomic E-state index is 0.114. The molecule has 3 rings (SSSR count). The second-order valence-electron chi connectivity index (χ2n) is 5.74. The van der Waals surface area contributed by atoms with Crippen molar-refractivity contribution in [2.24, 2.45) is 0 Å². The van der Waals surface area contributed by atoms with Gasteiger partial charge in [-0.15, -0.1) is 11.3 Å². The molecular formula is C18H20N4OS. The second-order valence-corrected chi connectivity index (χ2v) is 6.91. The van der Waals surface area contributed by atoms with Crippen LogP contribution in [-0.4, -0.2) is 42.0 Å². The zero-order chi connectivity index (χ0) is 16.9. The summed E-state index contributed by atoms with van der Waals surface area (Å²) < 4.78 is 0. The molecule has 0 bridgehead atoms. The molecule has 6 heteroatoms. The summed E-state index contributed by atoms with van der Waals surface area (Å²) in [5.41, 5.74) is 0.586. The normalized spacial score (nSPS) is 15.0. The van der Waals surface area contributed by atoms with E-state index >= 15 is 0 Å². The van der Waals surface area contributed by atoms with Crippen molar-refractivity contribution in [3.63, 3.8) is 0 Å². The van der Waals surface area contributed by atoms with Crippen molar-refractivity contribution >= 4 is 23.1 Å². The fourth-order valence-electron chi connectivity index (χ4n) is 2.91. The van der Waals surface area contributed by atoms with Crippen LogP contribution in [0.1, 0.15) is 33.5 Å². The monoisotopic (exact) mass is 340 g/mol. The summed E-state index contributed by atoms with van der Waals surface area (Å²) in [5, 5.41) is 9.25. The van der Waals surface area contributed by atoms with Gasteiger partial charge in [0, 0.05) is 37.3 Å². The number of nitriles is 1. The second kappa shape index (κ2) is 7.45. The smallest absolute Gasteiger partial charge is 0.263 e. The first-order chi connectivity index (χ1) is 11.7. The van der Waals surface area contributed by atoms with E-state index in [4.69, 9.17) is 0 Å². The van der Waals surface area contributed by atoms with Gasteiger partial charge in [0.15, 0.2) is 0 Å². The van der Waals surface area contributed by atoms with Crippen LogP contribution < -0.4 is 4.90 Å². The number of hydrogen-bond acceptors (Lipinski definition) is 5. The summed E-state index contributed by atoms with van der Waals surface area (Å²) in [4.78, 5) is 23.1. The lowest BCUT2D eigenvalue weighted by Crippen LogP contribution is -2.35. The standard InChI is InChI=1S/C18H20N4OS/c1-2-15-6-7-16(24-15)18(23)22-10-4-9-21(11-12-22)17-14(13-19)5-3-8-20-17/h3,5-8H,2,4,9-12H2,1H3. The molecule has 0 N–H and O–H groups in total. The number of aromatic nitrogens is 1. The van der Waals surface area contributed by atoms with Crippen molar-refractivity contribution in [2.45, 2.75) is 19.8 Å². The molecule has 1 aliphatic heterocycles. The Bertz CT molecular complexity index is 764. The molecule has 2 aromatic heterocycles. The van der Waals surface area contributed by atoms with Crippen molar-refractivity contribution in [3.8, 4) is 6.07 Å². The summed E-state index contributed by atoms with van der Waals surface area (Å²) >= 11 is 1.58. The van der Waals surface area contributed by atoms with E-state index < -0.39 is 0 Å². The van der Waals surface area contributed by atoms with Gasteiger partial charge in [-0.05, 0) is 37.1 Å². The fourth-order valence-corrected chi connectivity index (χ4v) is 3.82. The summed E-state index contributed by atoms with van der Waals surface area (Å²) in [5.74, 6) is 0.835. The van der Waals surface area contributed by atoms with Crippen LogP contribution in [0, 0.1) is 11.3 Å². The number of carbonyl (C=O) groups is 1. The van der Waals surface area contributed by atoms with Gasteiger partial charge in [0.1, 0.15) is 11.9 Å². The Morgan fingerprint density at radius 1 is 1.29 bits per heavy atom. The predicted octanol–water partition coefficient (Wildman–Crippen LogP) is 2.93. The number of anilines is 1. The Balaban J connectivity index is 1.71. The van der Waals surface area contributed by atoms with E-state index in [1.165, 1.54) is 4.88 Å². The molecule has 0 atom stereocenters. The fraction of sp³-hybridized carbons (Fsp3) is 0.389. The number of aryl methyl sites for hydroxylation is 1. The molecule has 0 radical (unpaired) electrons. The van der Waals surface area contributed by atoms with E-state index in [0.717, 1.165) is 36.6 Å². The molecule has 1 amide bonds. The van der Waals surface area contributed by atoms with Crippen LogP contribution in [0.4, 0.5) is 5.82 Å². The van der Waals surface area contributed by atoms with E-state index in [-0.39, 0.29) is 5.91 Å². The zero-order valence-electron chi connectivity index (χ0n) is 13.7. The first kappa shape index (κ1) is 16.5. The third kappa shape index (κ3) is 3.41. The molecule has 0 aromatic carbocycles. The van der Waals surface area contributed by atoms with Crippen LogP contribution in [0.15, 0.2) is 30.5 Å². The van der Waals surface area contributed by atoms with Crippen LogP contribution in [0.3, 0.4) is 0 Å². The third-order valence-electron chi connectivity index (χ3n) is 4.21. The molecule has 24 heavy (non-hydrogen) atoms. The van der Waals surface area contributed by atoms with Gasteiger partial charge < -0.3 is 9.80 Å². The Morgan fingerprint density at radius 3 is 2.92 bits per heavy atom. The highest BCUT2D eigenvalue weighted by Gasteiger charge is 2.23. The molecule has 0 spiro atoms. The van der Waals surface area contributed by atoms with E-state index in [0.29, 0.717) is 18.7 Å². The first-order valence-corrected chi connectivity index (χ1v) is 9.02. The molecule has 2 aromatic rings. The molecule has 0 unspecified atom stereocenters. The SMILES string of the molecule is CCc1ccc(C(=O)N2CCCN(c3ncccc3C#N)CC2)s1. The number of hydrogen-bond donors (Lipinski definition) is 0. The maximum atomic E-state index is 12.7. The van der Waals surface area contributed by atoms with Gasteiger partial charge >= 0.3 is 0 Å². The molecule has 0 saturated carbocycles. The van der Waals surface area contributed by atoms with Crippen LogP contribution >= 0.6 is 11.3 Å². The van der Waals surface area contributed by atoms with Crippen LogP contribution in [0.2, 0.25) is 0 Å².